The molecule has 1 heterocycles. The maximum atomic E-state index is 14.8. The summed E-state index contributed by atoms with van der Waals surface area (Å²) >= 11 is 0. The Balaban J connectivity index is 4.04. The number of aliphatic carboxylic acids is 2. The van der Waals surface area contributed by atoms with Gasteiger partial charge in [0, 0.05) is 44.1 Å². The van der Waals surface area contributed by atoms with Crippen LogP contribution < -0.4 is 75.3 Å². The highest BCUT2D eigenvalue weighted by Gasteiger charge is 2.42. The second kappa shape index (κ2) is 45.8. The number of ketones is 4. The van der Waals surface area contributed by atoms with Gasteiger partial charge in [0.25, 0.3) is 5.91 Å². The molecule has 560 valence electrons. The van der Waals surface area contributed by atoms with Crippen LogP contribution in [0, 0.1) is 28.1 Å². The number of amides is 6. The Morgan fingerprint density at radius 2 is 1.16 bits per heavy atom. The average molecular weight is 1420 g/mol. The van der Waals surface area contributed by atoms with Crippen LogP contribution in [0.1, 0.15) is 158 Å². The molecule has 100 heavy (non-hydrogen) atoms. The number of nitrogens with one attached hydrogen (secondary N) is 13. The van der Waals surface area contributed by atoms with E-state index in [0.29, 0.717) is 44.5 Å². The Bertz CT molecular complexity index is 2900. The molecule has 0 bridgehead atoms. The van der Waals surface area contributed by atoms with Crippen LogP contribution in [-0.2, 0) is 86.3 Å². The van der Waals surface area contributed by atoms with E-state index < -0.39 is 224 Å². The van der Waals surface area contributed by atoms with E-state index in [2.05, 4.69) is 63.8 Å². The zero-order valence-electron chi connectivity index (χ0n) is 57.9. The summed E-state index contributed by atoms with van der Waals surface area (Å²) in [6.07, 6.45) is -6.09. The van der Waals surface area contributed by atoms with Crippen LogP contribution in [0.2, 0.25) is 0 Å². The largest absolute Gasteiger partial charge is 0.481 e. The first kappa shape index (κ1) is 89.2. The van der Waals surface area contributed by atoms with Crippen molar-refractivity contribution < 1.29 is 102 Å². The van der Waals surface area contributed by atoms with Gasteiger partial charge in [-0.25, -0.2) is 0 Å². The van der Waals surface area contributed by atoms with Crippen molar-refractivity contribution in [2.75, 3.05) is 13.2 Å². The molecule has 0 aromatic heterocycles. The van der Waals surface area contributed by atoms with Crippen molar-refractivity contribution in [3.05, 3.63) is 12.2 Å². The topological polar surface area (TPSA) is 588 Å². The number of nitrogens with two attached hydrogens (primary N) is 2. The van der Waals surface area contributed by atoms with E-state index in [9.17, 15) is 102 Å². The molecule has 6 amide bonds. The van der Waals surface area contributed by atoms with Gasteiger partial charge in [-0.1, -0.05) is 67.0 Å². The normalized spacial score (nSPS) is 21.3. The van der Waals surface area contributed by atoms with E-state index in [1.165, 1.54) is 6.92 Å². The van der Waals surface area contributed by atoms with Crippen molar-refractivity contribution >= 4 is 114 Å². The summed E-state index contributed by atoms with van der Waals surface area (Å²) in [5.74, 6) is -14.6. The first-order valence-corrected chi connectivity index (χ1v) is 33.0. The molecule has 0 spiro atoms. The number of aldehydes is 6. The smallest absolute Gasteiger partial charge is 0.305 e. The number of rotatable bonds is 43. The number of primary amides is 1. The molecule has 0 saturated heterocycles. The minimum Gasteiger partial charge on any atom is -0.481 e. The molecule has 0 fully saturated rings. The molecule has 36 heteroatoms. The highest BCUT2D eigenvalue weighted by molar-refractivity contribution is 6.00. The van der Waals surface area contributed by atoms with E-state index in [0.717, 1.165) is 6.92 Å². The van der Waals surface area contributed by atoms with Gasteiger partial charge >= 0.3 is 11.9 Å². The molecule has 0 aromatic carbocycles. The number of guanidine groups is 1. The minimum absolute atomic E-state index is 0.0133. The molecule has 0 saturated carbocycles. The molecular weight excluding hydrogens is 1310 g/mol. The summed E-state index contributed by atoms with van der Waals surface area (Å²) in [4.78, 5) is 238. The number of hydrogen-bond donors (Lipinski definition) is 18. The third-order valence-electron chi connectivity index (χ3n) is 16.7. The van der Waals surface area contributed by atoms with Crippen LogP contribution in [0.4, 0.5) is 0 Å². The van der Waals surface area contributed by atoms with E-state index in [4.69, 9.17) is 16.9 Å². The van der Waals surface area contributed by atoms with E-state index in [1.807, 2.05) is 6.08 Å². The van der Waals surface area contributed by atoms with Gasteiger partial charge in [-0.3, -0.25) is 94.8 Å². The zero-order chi connectivity index (χ0) is 76.0. The quantitative estimate of drug-likeness (QED) is 0.00683. The molecular formula is C64H103N15O21. The number of hydrogen-bond acceptors (Lipinski definition) is 26. The first-order valence-electron chi connectivity index (χ1n) is 33.0. The summed E-state index contributed by atoms with van der Waals surface area (Å²) in [5.41, 5.74) is 8.05. The van der Waals surface area contributed by atoms with Gasteiger partial charge in [-0.2, -0.15) is 0 Å². The van der Waals surface area contributed by atoms with Crippen LogP contribution in [0.15, 0.2) is 12.2 Å². The lowest BCUT2D eigenvalue weighted by Gasteiger charge is -2.32. The number of aliphatic hydroxyl groups is 1. The van der Waals surface area contributed by atoms with Crippen molar-refractivity contribution in [2.45, 2.75) is 237 Å². The van der Waals surface area contributed by atoms with Gasteiger partial charge < -0.3 is 87.5 Å². The average Bonchev–Trinajstić information content (AvgIpc) is 0.843. The number of carboxylic acid groups (broad SMARTS) is 2. The summed E-state index contributed by atoms with van der Waals surface area (Å²) in [6.45, 7) is 11.6. The van der Waals surface area contributed by atoms with Gasteiger partial charge in [-0.15, -0.1) is 0 Å². The van der Waals surface area contributed by atoms with Gasteiger partial charge in [0.2, 0.25) is 29.5 Å². The fraction of sp³-hybridized carbons (Fsp3) is 0.672. The Hall–Kier alpha value is -8.81. The summed E-state index contributed by atoms with van der Waals surface area (Å²) < 4.78 is 0. The number of carboxylic acids is 2. The number of allylic oxidation sites excluding steroid dienone is 2. The molecule has 0 radical (unpaired) electrons. The maximum Gasteiger partial charge on any atom is 0.305 e. The Labute approximate surface area is 579 Å². The van der Waals surface area contributed by atoms with Crippen molar-refractivity contribution in [1.29, 1.82) is 5.41 Å². The number of carbonyl (C=O) groups is 18. The Kier molecular flexibility index (Phi) is 40.8. The van der Waals surface area contributed by atoms with Crippen LogP contribution in [0.25, 0.3) is 0 Å². The van der Waals surface area contributed by atoms with Crippen molar-refractivity contribution in [1.82, 2.24) is 63.8 Å². The van der Waals surface area contributed by atoms with Gasteiger partial charge in [0.15, 0.2) is 35.3 Å². The molecule has 1 rings (SSSR count). The lowest BCUT2D eigenvalue weighted by Crippen LogP contribution is -2.63. The van der Waals surface area contributed by atoms with E-state index in [-0.39, 0.29) is 63.4 Å². The van der Waals surface area contributed by atoms with Gasteiger partial charge in [0.05, 0.1) is 79.2 Å². The Morgan fingerprint density at radius 1 is 0.630 bits per heavy atom. The summed E-state index contributed by atoms with van der Waals surface area (Å²) in [5, 5.41) is 66.8. The minimum atomic E-state index is -2.10. The molecule has 15 atom stereocenters. The predicted molar refractivity (Wildman–Crippen MR) is 357 cm³/mol. The molecule has 0 aromatic rings. The SMILES string of the molecule is CC[C@H](C)[C@@H](C=O)N[C@H](NC(=O)[C@@H](CC(=O)[C@@H](NC(=O)[C@@H](CC(=O)[C@H](C)NC(=O)[C@]1(C)CCC/C=C\CCCC(C)(C)C(=O)N[C@@H](N[C@H](C=O)C(C)C)C(=O)CCC(=O)N[C@@H](N[C@H](C=O)CC(=O)O)C(=O)C1)N[C@H](C=O)CC(=O)O)N[C@H](C=O)CCCNC(=N)N)N[C@H](C=O)CO)C(N)=O. The predicted octanol–water partition coefficient (Wildman–Crippen LogP) is -4.50. The van der Waals surface area contributed by atoms with Crippen molar-refractivity contribution in [3.63, 3.8) is 0 Å². The lowest BCUT2D eigenvalue weighted by molar-refractivity contribution is -0.140. The number of Topliss-reactive ketones (excluding diaryl/α,β-unsaturated/α-hetero) is 4. The van der Waals surface area contributed by atoms with Crippen LogP contribution in [-0.4, -0.2) is 222 Å². The first-order chi connectivity index (χ1) is 47.0. The molecule has 0 aliphatic carbocycles. The van der Waals surface area contributed by atoms with Crippen LogP contribution in [0.5, 0.6) is 0 Å². The van der Waals surface area contributed by atoms with Gasteiger partial charge in [-0.05, 0) is 70.1 Å². The van der Waals surface area contributed by atoms with E-state index in [1.54, 1.807) is 47.6 Å². The van der Waals surface area contributed by atoms with Crippen LogP contribution >= 0.6 is 0 Å². The lowest BCUT2D eigenvalue weighted by atomic mass is 9.78. The summed E-state index contributed by atoms with van der Waals surface area (Å²) in [7, 11) is 0. The van der Waals surface area contributed by atoms with Crippen LogP contribution in [0.3, 0.4) is 0 Å². The molecule has 0 unspecified atom stereocenters. The van der Waals surface area contributed by atoms with Crippen molar-refractivity contribution in [3.8, 4) is 0 Å². The highest BCUT2D eigenvalue weighted by atomic mass is 16.4. The third kappa shape index (κ3) is 32.9. The molecule has 1 aliphatic rings. The maximum absolute atomic E-state index is 14.8. The Morgan fingerprint density at radius 3 is 1.67 bits per heavy atom. The molecule has 1 aliphatic heterocycles. The highest BCUT2D eigenvalue weighted by Crippen LogP contribution is 2.31. The fourth-order valence-corrected chi connectivity index (χ4v) is 10.1. The summed E-state index contributed by atoms with van der Waals surface area (Å²) in [6, 6.07) is -13.9. The van der Waals surface area contributed by atoms with Gasteiger partial charge in [0.1, 0.15) is 56.2 Å². The molecule has 36 nitrogen and oxygen atoms in total. The molecule has 20 N–H and O–H groups in total. The monoisotopic (exact) mass is 1420 g/mol. The standard InChI is InChI=1S/C64H103N15O21/c1-9-36(4)45(34-86)75-57(53(65)96)78-59(98)43(71-41(31-83)32-84)26-48(89)55(72-38(28-80)17-16-22-68-62(66)67)77-58(97)42(70-39(29-81)23-51(92)93)25-47(88)37(5)69-61(100)64(8)21-15-13-11-10-12-14-20-63(6,7)60(99)79-54(74-44(33-85)35(2)3)46(87)18-19-50(91)76-56(49(90)27-64)73-40(30-82)24-52(94)95/h10-11,28-31,33-45,54-57,70-75,84H,9,12-27,32H2,1-8H3,(H2,65,96)(H,69,100)(H,76,91)(H,77,97)(H,78,98)(H,79,99)(H,92,93)(H,94,95)(H4,66,67,68)/b11-10-/t36-,37-,38-,39-,40-,41+,42+,43+,44+,45+,54+,55+,56+,57+,64+/m0/s1. The number of aliphatic hydroxyl groups excluding tert-OH is 1. The third-order valence-corrected chi connectivity index (χ3v) is 16.7. The number of carbonyl (C=O) groups excluding carboxylic acids is 16. The fourth-order valence-electron chi connectivity index (χ4n) is 10.1. The zero-order valence-corrected chi connectivity index (χ0v) is 57.9. The van der Waals surface area contributed by atoms with Crippen molar-refractivity contribution in [2.24, 2.45) is 34.1 Å². The second-order valence-electron chi connectivity index (χ2n) is 25.9. The second-order valence-corrected chi connectivity index (χ2v) is 25.9. The van der Waals surface area contributed by atoms with E-state index >= 15 is 0 Å².